The van der Waals surface area contributed by atoms with E-state index in [9.17, 15) is 9.59 Å². The molecule has 1 unspecified atom stereocenters. The molecule has 3 aliphatic rings. The first-order valence-electron chi connectivity index (χ1n) is 9.56. The van der Waals surface area contributed by atoms with E-state index in [-0.39, 0.29) is 34.5 Å². The molecule has 24 heavy (non-hydrogen) atoms. The zero-order valence-corrected chi connectivity index (χ0v) is 15.8. The van der Waals surface area contributed by atoms with Gasteiger partial charge in [0.2, 0.25) is 0 Å². The molecule has 0 aromatic carbocycles. The van der Waals surface area contributed by atoms with Crippen LogP contribution in [-0.4, -0.2) is 23.6 Å². The smallest absolute Gasteiger partial charge is 0.312 e. The first-order valence-corrected chi connectivity index (χ1v) is 9.56. The molecular formula is C20H32O4. The average molecular weight is 336 g/mol. The van der Waals surface area contributed by atoms with Crippen LogP contribution in [0.2, 0.25) is 0 Å². The highest BCUT2D eigenvalue weighted by atomic mass is 16.6. The first-order chi connectivity index (χ1) is 11.2. The summed E-state index contributed by atoms with van der Waals surface area (Å²) in [6.45, 7) is 10.2. The van der Waals surface area contributed by atoms with Crippen LogP contribution in [0.5, 0.6) is 0 Å². The standard InChI is InChI=1S/C20H32O4/c1-13-7-8-16-18(4)10-6-11-20(16,24-17(18)22)19(13,5)12-9-14(2)23-15(3)21/h13-14,16H,6-12H2,1-5H3/t13-,14?,16+,18+,19+,20-/m1/s1. The average Bonchev–Trinajstić information content (AvgIpc) is 2.61. The Bertz CT molecular complexity index is 544. The summed E-state index contributed by atoms with van der Waals surface area (Å²) in [6.07, 6.45) is 6.94. The van der Waals surface area contributed by atoms with Crippen molar-refractivity contribution in [1.29, 1.82) is 0 Å². The summed E-state index contributed by atoms with van der Waals surface area (Å²) >= 11 is 0. The van der Waals surface area contributed by atoms with E-state index in [1.165, 1.54) is 6.92 Å². The normalized spacial score (nSPS) is 45.3. The molecule has 0 aromatic rings. The second-order valence-corrected chi connectivity index (χ2v) is 8.96. The molecule has 2 aliphatic carbocycles. The Morgan fingerprint density at radius 1 is 1.33 bits per heavy atom. The Morgan fingerprint density at radius 3 is 2.71 bits per heavy atom. The molecule has 2 saturated carbocycles. The van der Waals surface area contributed by atoms with E-state index >= 15 is 0 Å². The van der Waals surface area contributed by atoms with Crippen molar-refractivity contribution < 1.29 is 19.1 Å². The van der Waals surface area contributed by atoms with Crippen LogP contribution in [0.3, 0.4) is 0 Å². The van der Waals surface area contributed by atoms with Crippen molar-refractivity contribution in [3.05, 3.63) is 0 Å². The van der Waals surface area contributed by atoms with Crippen molar-refractivity contribution in [1.82, 2.24) is 0 Å². The third-order valence-electron chi connectivity index (χ3n) is 7.70. The van der Waals surface area contributed by atoms with Crippen molar-refractivity contribution in [3.63, 3.8) is 0 Å². The summed E-state index contributed by atoms with van der Waals surface area (Å²) in [5.74, 6) is 0.652. The molecule has 3 rings (SSSR count). The monoisotopic (exact) mass is 336 g/mol. The molecule has 0 radical (unpaired) electrons. The van der Waals surface area contributed by atoms with Crippen LogP contribution in [0.25, 0.3) is 0 Å². The van der Waals surface area contributed by atoms with Gasteiger partial charge in [-0.1, -0.05) is 13.8 Å². The second-order valence-electron chi connectivity index (χ2n) is 8.96. The molecule has 4 heteroatoms. The van der Waals surface area contributed by atoms with Gasteiger partial charge in [-0.3, -0.25) is 9.59 Å². The fourth-order valence-electron chi connectivity index (χ4n) is 6.04. The largest absolute Gasteiger partial charge is 0.463 e. The highest BCUT2D eigenvalue weighted by molar-refractivity contribution is 5.81. The minimum absolute atomic E-state index is 0.0263. The van der Waals surface area contributed by atoms with E-state index in [0.29, 0.717) is 11.8 Å². The lowest BCUT2D eigenvalue weighted by molar-refractivity contribution is -0.189. The number of ether oxygens (including phenoxy) is 2. The molecule has 1 aliphatic heterocycles. The van der Waals surface area contributed by atoms with E-state index in [1.54, 1.807) is 0 Å². The number of carbonyl (C=O) groups is 2. The van der Waals surface area contributed by atoms with Gasteiger partial charge in [-0.15, -0.1) is 0 Å². The molecule has 136 valence electrons. The molecule has 0 spiro atoms. The van der Waals surface area contributed by atoms with Crippen molar-refractivity contribution in [3.8, 4) is 0 Å². The van der Waals surface area contributed by atoms with E-state index in [0.717, 1.165) is 44.9 Å². The summed E-state index contributed by atoms with van der Waals surface area (Å²) in [5.41, 5.74) is -0.649. The van der Waals surface area contributed by atoms with Crippen LogP contribution in [0, 0.1) is 22.7 Å². The molecule has 1 saturated heterocycles. The zero-order chi connectivity index (χ0) is 17.8. The number of rotatable bonds is 4. The minimum atomic E-state index is -0.315. The maximum absolute atomic E-state index is 12.7. The van der Waals surface area contributed by atoms with Gasteiger partial charge in [0, 0.05) is 18.3 Å². The summed E-state index contributed by atoms with van der Waals surface area (Å²) in [7, 11) is 0. The third-order valence-corrected chi connectivity index (χ3v) is 7.70. The minimum Gasteiger partial charge on any atom is -0.463 e. The number of carbonyl (C=O) groups excluding carboxylic acids is 2. The van der Waals surface area contributed by atoms with E-state index < -0.39 is 0 Å². The van der Waals surface area contributed by atoms with Gasteiger partial charge in [0.1, 0.15) is 5.60 Å². The maximum Gasteiger partial charge on any atom is 0.312 e. The second kappa shape index (κ2) is 5.74. The molecule has 2 bridgehead atoms. The van der Waals surface area contributed by atoms with Crippen LogP contribution in [0.1, 0.15) is 79.6 Å². The van der Waals surface area contributed by atoms with Gasteiger partial charge in [0.05, 0.1) is 11.5 Å². The Balaban J connectivity index is 1.87. The fraction of sp³-hybridized carbons (Fsp3) is 0.900. The highest BCUT2D eigenvalue weighted by Gasteiger charge is 2.72. The molecule has 4 nitrogen and oxygen atoms in total. The van der Waals surface area contributed by atoms with Crippen LogP contribution in [0.4, 0.5) is 0 Å². The Hall–Kier alpha value is -1.06. The molecule has 0 N–H and O–H groups in total. The predicted octanol–water partition coefficient (Wildman–Crippen LogP) is 4.26. The van der Waals surface area contributed by atoms with Crippen LogP contribution < -0.4 is 0 Å². The zero-order valence-electron chi connectivity index (χ0n) is 15.8. The van der Waals surface area contributed by atoms with Gasteiger partial charge < -0.3 is 9.47 Å². The van der Waals surface area contributed by atoms with E-state index in [1.807, 2.05) is 6.92 Å². The molecular weight excluding hydrogens is 304 g/mol. The first kappa shape index (κ1) is 17.8. The van der Waals surface area contributed by atoms with Crippen LogP contribution in [-0.2, 0) is 19.1 Å². The highest BCUT2D eigenvalue weighted by Crippen LogP contribution is 2.68. The van der Waals surface area contributed by atoms with Gasteiger partial charge in [0.15, 0.2) is 0 Å². The van der Waals surface area contributed by atoms with Gasteiger partial charge in [-0.25, -0.2) is 0 Å². The third kappa shape index (κ3) is 2.32. The van der Waals surface area contributed by atoms with Gasteiger partial charge in [-0.2, -0.15) is 0 Å². The van der Waals surface area contributed by atoms with Crippen molar-refractivity contribution in [2.24, 2.45) is 22.7 Å². The number of hydrogen-bond acceptors (Lipinski definition) is 4. The van der Waals surface area contributed by atoms with Crippen LogP contribution >= 0.6 is 0 Å². The van der Waals surface area contributed by atoms with E-state index in [4.69, 9.17) is 9.47 Å². The summed E-state index contributed by atoms with van der Waals surface area (Å²) in [5, 5.41) is 0. The quantitative estimate of drug-likeness (QED) is 0.720. The Labute approximate surface area is 145 Å². The van der Waals surface area contributed by atoms with Crippen molar-refractivity contribution >= 4 is 11.9 Å². The van der Waals surface area contributed by atoms with Gasteiger partial charge in [-0.05, 0) is 64.7 Å². The summed E-state index contributed by atoms with van der Waals surface area (Å²) in [4.78, 5) is 23.9. The maximum atomic E-state index is 12.7. The van der Waals surface area contributed by atoms with Gasteiger partial charge >= 0.3 is 11.9 Å². The number of esters is 2. The lowest BCUT2D eigenvalue weighted by Gasteiger charge is -2.58. The number of hydrogen-bond donors (Lipinski definition) is 0. The fourth-order valence-corrected chi connectivity index (χ4v) is 6.04. The molecule has 6 atom stereocenters. The van der Waals surface area contributed by atoms with Crippen LogP contribution in [0.15, 0.2) is 0 Å². The lowest BCUT2D eigenvalue weighted by Crippen LogP contribution is -2.60. The van der Waals surface area contributed by atoms with E-state index in [2.05, 4.69) is 20.8 Å². The predicted molar refractivity (Wildman–Crippen MR) is 91.2 cm³/mol. The topological polar surface area (TPSA) is 52.6 Å². The lowest BCUT2D eigenvalue weighted by atomic mass is 9.46. The molecule has 0 amide bonds. The van der Waals surface area contributed by atoms with Crippen molar-refractivity contribution in [2.45, 2.75) is 91.3 Å². The Kier molecular flexibility index (Phi) is 4.25. The molecule has 3 fully saturated rings. The summed E-state index contributed by atoms with van der Waals surface area (Å²) < 4.78 is 11.6. The summed E-state index contributed by atoms with van der Waals surface area (Å²) in [6, 6.07) is 0. The SMILES string of the molecule is CC(=O)OC(C)CC[C@@]1(C)[C@H](C)CC[C@H]2[C@]3(C)CCC[C@@]21OC3=O. The molecule has 1 heterocycles. The van der Waals surface area contributed by atoms with Gasteiger partial charge in [0.25, 0.3) is 0 Å². The Morgan fingerprint density at radius 2 is 2.04 bits per heavy atom. The van der Waals surface area contributed by atoms with Crippen molar-refractivity contribution in [2.75, 3.05) is 0 Å². The molecule has 0 aromatic heterocycles.